The summed E-state index contributed by atoms with van der Waals surface area (Å²) >= 11 is 11.6. The first-order chi connectivity index (χ1) is 17.3. The number of non-ortho nitro benzene ring substituents is 1. The number of hydrogen-bond donors (Lipinski definition) is 1. The third kappa shape index (κ3) is 7.00. The molecule has 0 bridgehead atoms. The van der Waals surface area contributed by atoms with E-state index >= 15 is 0 Å². The van der Waals surface area contributed by atoms with Gasteiger partial charge in [-0.05, 0) is 85.6 Å². The van der Waals surface area contributed by atoms with Crippen molar-refractivity contribution in [2.45, 2.75) is 13.8 Å². The number of nitro benzene ring substituents is 1. The van der Waals surface area contributed by atoms with E-state index in [1.54, 1.807) is 30.6 Å². The fourth-order valence-electron chi connectivity index (χ4n) is 3.32. The number of aromatic nitrogens is 4. The predicted molar refractivity (Wildman–Crippen MR) is 143 cm³/mol. The first-order valence-corrected chi connectivity index (χ1v) is 11.7. The van der Waals surface area contributed by atoms with Gasteiger partial charge in [0.1, 0.15) is 11.6 Å². The maximum atomic E-state index is 10.6. The Kier molecular flexibility index (Phi) is 9.32. The first kappa shape index (κ1) is 26.6. The average Bonchev–Trinajstić information content (AvgIpc) is 2.87. The van der Waals surface area contributed by atoms with E-state index in [1.807, 2.05) is 54.0 Å². The van der Waals surface area contributed by atoms with Gasteiger partial charge in [0.05, 0.1) is 4.92 Å². The van der Waals surface area contributed by atoms with Gasteiger partial charge < -0.3 is 15.5 Å². The second kappa shape index (κ2) is 12.6. The van der Waals surface area contributed by atoms with Crippen LogP contribution in [0.1, 0.15) is 13.8 Å². The summed E-state index contributed by atoms with van der Waals surface area (Å²) in [5.41, 5.74) is 8.30. The van der Waals surface area contributed by atoms with E-state index in [2.05, 4.69) is 19.9 Å². The van der Waals surface area contributed by atoms with Crippen LogP contribution in [-0.4, -0.2) is 37.9 Å². The molecular weight excluding hydrogens is 503 g/mol. The molecule has 4 aromatic rings. The lowest BCUT2D eigenvalue weighted by Crippen LogP contribution is -2.17. The zero-order valence-corrected chi connectivity index (χ0v) is 21.1. The Labute approximate surface area is 218 Å². The fourth-order valence-corrected chi connectivity index (χ4v) is 3.60. The summed E-state index contributed by atoms with van der Waals surface area (Å²) < 4.78 is 0. The van der Waals surface area contributed by atoms with E-state index in [1.165, 1.54) is 12.1 Å². The van der Waals surface area contributed by atoms with Gasteiger partial charge in [-0.25, -0.2) is 19.9 Å². The largest absolute Gasteiger partial charge is 0.399 e. The van der Waals surface area contributed by atoms with Crippen LogP contribution in [0.3, 0.4) is 0 Å². The molecule has 0 aliphatic heterocycles. The zero-order chi connectivity index (χ0) is 26.1. The molecule has 0 fully saturated rings. The van der Waals surface area contributed by atoms with Gasteiger partial charge in [-0.15, -0.1) is 0 Å². The van der Waals surface area contributed by atoms with Crippen molar-refractivity contribution in [2.24, 2.45) is 0 Å². The Bertz CT molecular complexity index is 1290. The minimum atomic E-state index is -0.429. The highest BCUT2D eigenvalue weighted by molar-refractivity contribution is 6.28. The Morgan fingerprint density at radius 1 is 0.778 bits per heavy atom. The monoisotopic (exact) mass is 526 g/mol. The summed E-state index contributed by atoms with van der Waals surface area (Å²) in [6.45, 7) is 5.45. The summed E-state index contributed by atoms with van der Waals surface area (Å²) in [5, 5.41) is 11.0. The van der Waals surface area contributed by atoms with Crippen LogP contribution >= 0.6 is 23.2 Å². The van der Waals surface area contributed by atoms with Gasteiger partial charge in [0.25, 0.3) is 5.69 Å². The highest BCUT2D eigenvalue weighted by Gasteiger charge is 2.12. The van der Waals surface area contributed by atoms with Gasteiger partial charge in [-0.3, -0.25) is 10.1 Å². The molecule has 0 spiro atoms. The summed E-state index contributed by atoms with van der Waals surface area (Å²) in [6, 6.07) is 17.5. The van der Waals surface area contributed by atoms with Crippen LogP contribution in [0.5, 0.6) is 0 Å². The lowest BCUT2D eigenvalue weighted by Gasteiger charge is -2.21. The topological polar surface area (TPSA) is 127 Å². The van der Waals surface area contributed by atoms with Gasteiger partial charge in [0.15, 0.2) is 0 Å². The number of nitrogens with two attached hydrogens (primary N) is 1. The lowest BCUT2D eigenvalue weighted by atomic mass is 10.2. The van der Waals surface area contributed by atoms with Gasteiger partial charge >= 0.3 is 0 Å². The van der Waals surface area contributed by atoms with E-state index in [9.17, 15) is 10.1 Å². The highest BCUT2D eigenvalue weighted by Crippen LogP contribution is 2.26. The van der Waals surface area contributed by atoms with Crippen molar-refractivity contribution in [1.29, 1.82) is 0 Å². The molecule has 0 amide bonds. The molecule has 10 nitrogen and oxygen atoms in total. The standard InChI is InChI=1S/C12H11ClN4O2.C12H13ClN4/c1-2-16(11-7-8-14-12(13)15-11)9-3-5-10(6-4-9)17(18)19;1-2-17(10-5-3-9(14)4-6-10)11-7-8-15-12(13)16-11/h3-8H,2H2,1H3;3-8H,2,14H2,1H3. The van der Waals surface area contributed by atoms with Crippen molar-refractivity contribution in [3.8, 4) is 0 Å². The number of benzene rings is 2. The molecule has 0 aliphatic rings. The van der Waals surface area contributed by atoms with Gasteiger partial charge in [0, 0.05) is 54.7 Å². The molecule has 0 unspecified atom stereocenters. The van der Waals surface area contributed by atoms with E-state index in [0.29, 0.717) is 12.4 Å². The van der Waals surface area contributed by atoms with Crippen molar-refractivity contribution in [2.75, 3.05) is 28.6 Å². The normalized spacial score (nSPS) is 10.2. The van der Waals surface area contributed by atoms with Crippen molar-refractivity contribution >= 4 is 57.6 Å². The summed E-state index contributed by atoms with van der Waals surface area (Å²) in [6.07, 6.45) is 3.21. The molecule has 4 rings (SSSR count). The Morgan fingerprint density at radius 3 is 1.56 bits per heavy atom. The third-order valence-electron chi connectivity index (χ3n) is 4.99. The average molecular weight is 527 g/mol. The van der Waals surface area contributed by atoms with Gasteiger partial charge in [0.2, 0.25) is 10.6 Å². The van der Waals surface area contributed by atoms with E-state index in [0.717, 1.165) is 29.4 Å². The number of halogens is 2. The first-order valence-electron chi connectivity index (χ1n) is 10.9. The molecule has 0 atom stereocenters. The van der Waals surface area contributed by atoms with Crippen molar-refractivity contribution in [3.63, 3.8) is 0 Å². The quantitative estimate of drug-likeness (QED) is 0.132. The molecule has 0 saturated carbocycles. The second-order valence-electron chi connectivity index (χ2n) is 7.22. The van der Waals surface area contributed by atoms with Crippen molar-refractivity contribution < 1.29 is 4.92 Å². The molecule has 0 aliphatic carbocycles. The number of nitrogen functional groups attached to an aromatic ring is 1. The van der Waals surface area contributed by atoms with Crippen LogP contribution in [0.2, 0.25) is 10.6 Å². The minimum Gasteiger partial charge on any atom is -0.399 e. The maximum Gasteiger partial charge on any atom is 0.269 e. The molecule has 12 heteroatoms. The van der Waals surface area contributed by atoms with Crippen molar-refractivity contribution in [3.05, 3.63) is 93.7 Å². The van der Waals surface area contributed by atoms with E-state index in [-0.39, 0.29) is 16.3 Å². The third-order valence-corrected chi connectivity index (χ3v) is 5.35. The number of anilines is 5. The predicted octanol–water partition coefficient (Wildman–Crippen LogP) is 6.07. The van der Waals surface area contributed by atoms with Gasteiger partial charge in [-0.1, -0.05) is 0 Å². The zero-order valence-electron chi connectivity index (χ0n) is 19.6. The minimum absolute atomic E-state index is 0.0560. The van der Waals surface area contributed by atoms with E-state index in [4.69, 9.17) is 28.9 Å². The molecule has 2 aromatic carbocycles. The molecule has 0 saturated heterocycles. The van der Waals surface area contributed by atoms with Crippen LogP contribution in [-0.2, 0) is 0 Å². The van der Waals surface area contributed by atoms with Gasteiger partial charge in [-0.2, -0.15) is 0 Å². The number of rotatable bonds is 7. The van der Waals surface area contributed by atoms with Crippen LogP contribution in [0, 0.1) is 10.1 Å². The maximum absolute atomic E-state index is 10.6. The van der Waals surface area contributed by atoms with Crippen LogP contribution in [0.4, 0.5) is 34.4 Å². The molecular formula is C24H24Cl2N8O2. The number of hydrogen-bond acceptors (Lipinski definition) is 9. The van der Waals surface area contributed by atoms with Crippen molar-refractivity contribution in [1.82, 2.24) is 19.9 Å². The Hall–Kier alpha value is -4.02. The summed E-state index contributed by atoms with van der Waals surface area (Å²) in [7, 11) is 0. The highest BCUT2D eigenvalue weighted by atomic mass is 35.5. The summed E-state index contributed by atoms with van der Waals surface area (Å²) in [4.78, 5) is 30.1. The molecule has 36 heavy (non-hydrogen) atoms. The SMILES string of the molecule is CCN(c1ccc(N)cc1)c1ccnc(Cl)n1.CCN(c1ccc([N+](=O)[O-])cc1)c1ccnc(Cl)n1. The molecule has 0 radical (unpaired) electrons. The molecule has 2 N–H and O–H groups in total. The Balaban J connectivity index is 0.000000202. The molecule has 186 valence electrons. The summed E-state index contributed by atoms with van der Waals surface area (Å²) in [5.74, 6) is 1.42. The van der Waals surface area contributed by atoms with E-state index < -0.39 is 4.92 Å². The molecule has 2 heterocycles. The number of nitrogens with zero attached hydrogens (tertiary/aromatic N) is 7. The van der Waals surface area contributed by atoms with Crippen LogP contribution in [0.15, 0.2) is 73.1 Å². The fraction of sp³-hybridized carbons (Fsp3) is 0.167. The second-order valence-corrected chi connectivity index (χ2v) is 7.90. The Morgan fingerprint density at radius 2 is 1.19 bits per heavy atom. The van der Waals surface area contributed by atoms with Crippen LogP contribution in [0.25, 0.3) is 0 Å². The molecule has 2 aromatic heterocycles. The number of nitro groups is 1. The smallest absolute Gasteiger partial charge is 0.269 e. The lowest BCUT2D eigenvalue weighted by molar-refractivity contribution is -0.384. The van der Waals surface area contributed by atoms with Crippen LogP contribution < -0.4 is 15.5 Å².